The molecule has 2 fully saturated rings. The Morgan fingerprint density at radius 2 is 2.03 bits per heavy atom. The number of nitrogens with one attached hydrogen (secondary N) is 5. The number of ether oxygens (including phenoxy) is 1. The molecule has 2 amide bonds. The van der Waals surface area contributed by atoms with Gasteiger partial charge in [0.05, 0.1) is 25.3 Å². The van der Waals surface area contributed by atoms with Gasteiger partial charge in [0.25, 0.3) is 17.4 Å². The maximum Gasteiger partial charge on any atom is 0.347 e. The maximum atomic E-state index is 13.5. The average molecular weight is 543 g/mol. The second-order valence-corrected chi connectivity index (χ2v) is 12.0. The fourth-order valence-corrected chi connectivity index (χ4v) is 6.48. The van der Waals surface area contributed by atoms with Gasteiger partial charge in [-0.3, -0.25) is 31.4 Å². The first-order chi connectivity index (χ1) is 18.4. The van der Waals surface area contributed by atoms with Crippen molar-refractivity contribution in [2.45, 2.75) is 74.5 Å². The Morgan fingerprint density at radius 3 is 2.77 bits per heavy atom. The Bertz CT molecular complexity index is 1290. The van der Waals surface area contributed by atoms with E-state index >= 15 is 0 Å². The summed E-state index contributed by atoms with van der Waals surface area (Å²) in [6.07, 6.45) is 3.42. The Hall–Kier alpha value is -3.58. The molecule has 5 aliphatic rings. The Balaban J connectivity index is 1.27. The molecule has 13 heteroatoms. The fraction of sp³-hybridized carbons (Fsp3) is 0.615. The number of amides is 2. The molecular formula is C26H38N8O5+2. The summed E-state index contributed by atoms with van der Waals surface area (Å²) < 4.78 is 7.47. The van der Waals surface area contributed by atoms with E-state index in [2.05, 4.69) is 40.1 Å². The van der Waals surface area contributed by atoms with Crippen LogP contribution in [-0.4, -0.2) is 87.8 Å². The first-order valence-electron chi connectivity index (χ1n) is 13.6. The summed E-state index contributed by atoms with van der Waals surface area (Å²) in [6, 6.07) is 3.03. The van der Waals surface area contributed by atoms with E-state index < -0.39 is 35.5 Å². The molecule has 1 aliphatic carbocycles. The molecule has 1 saturated heterocycles. The van der Waals surface area contributed by atoms with Crippen LogP contribution in [0.5, 0.6) is 5.75 Å². The molecule has 4 atom stereocenters. The SMILES string of the molecule is CC1(C)CCOc2c(C(=O)NC3C[N+]4=C(N)N[C@@H](CNC(=O)CC5CC5)[C@@H]5[NH+]=C(N)N[C@@]54C3(O)O)cccc21. The van der Waals surface area contributed by atoms with Crippen LogP contribution < -0.4 is 42.5 Å². The van der Waals surface area contributed by atoms with Crippen LogP contribution in [0.4, 0.5) is 0 Å². The van der Waals surface area contributed by atoms with Gasteiger partial charge in [0, 0.05) is 12.0 Å². The summed E-state index contributed by atoms with van der Waals surface area (Å²) in [4.78, 5) is 29.0. The summed E-state index contributed by atoms with van der Waals surface area (Å²) in [5.41, 5.74) is 12.0. The van der Waals surface area contributed by atoms with Gasteiger partial charge in [0.2, 0.25) is 5.91 Å². The predicted octanol–water partition coefficient (Wildman–Crippen LogP) is -4.18. The number of fused-ring (bicyclic) bond motifs is 1. The molecule has 210 valence electrons. The van der Waals surface area contributed by atoms with Crippen molar-refractivity contribution in [3.8, 4) is 5.75 Å². The van der Waals surface area contributed by atoms with Gasteiger partial charge in [-0.1, -0.05) is 26.0 Å². The van der Waals surface area contributed by atoms with Crippen LogP contribution in [0, 0.1) is 5.92 Å². The number of nitrogens with zero attached hydrogens (tertiary/aromatic N) is 1. The molecule has 39 heavy (non-hydrogen) atoms. The molecule has 1 saturated carbocycles. The lowest BCUT2D eigenvalue weighted by atomic mass is 9.79. The van der Waals surface area contributed by atoms with E-state index in [-0.39, 0.29) is 36.3 Å². The molecule has 1 aromatic rings. The van der Waals surface area contributed by atoms with Crippen LogP contribution in [0.1, 0.15) is 55.5 Å². The molecule has 1 spiro atoms. The first-order valence-corrected chi connectivity index (χ1v) is 13.6. The van der Waals surface area contributed by atoms with Gasteiger partial charge in [-0.15, -0.1) is 0 Å². The number of para-hydroxylation sites is 1. The summed E-state index contributed by atoms with van der Waals surface area (Å²) in [7, 11) is 0. The third kappa shape index (κ3) is 3.97. The minimum absolute atomic E-state index is 0.0157. The number of carbonyl (C=O) groups excluding carboxylic acids is 2. The van der Waals surface area contributed by atoms with Crippen LogP contribution in [0.3, 0.4) is 0 Å². The van der Waals surface area contributed by atoms with Gasteiger partial charge in [0.15, 0.2) is 6.04 Å². The number of nitrogens with two attached hydrogens (primary N) is 2. The fourth-order valence-electron chi connectivity index (χ4n) is 6.48. The van der Waals surface area contributed by atoms with Crippen LogP contribution >= 0.6 is 0 Å². The standard InChI is InChI=1S/C26H36N8O5/c1-24(2)8-9-39-19-14(4-3-5-15(19)24)21(36)31-17-12-34-23(28)30-16(11-29-18(35)10-13-6-7-13)20-25(34,26(17,37)38)33-22(27)32-20/h3-5,13,16-17,20,37-38H,6-12H2,1-2H3,(H7,27,28,29,30,31,32,33,35,36)/p+2/t16-,17?,20-,25-/m0/s1. The highest BCUT2D eigenvalue weighted by atomic mass is 16.5. The van der Waals surface area contributed by atoms with E-state index in [4.69, 9.17) is 16.2 Å². The highest BCUT2D eigenvalue weighted by molar-refractivity contribution is 5.98. The van der Waals surface area contributed by atoms with E-state index in [1.807, 2.05) is 6.07 Å². The Kier molecular flexibility index (Phi) is 5.74. The average Bonchev–Trinajstić information content (AvgIpc) is 3.56. The van der Waals surface area contributed by atoms with Crippen LogP contribution in [0.15, 0.2) is 18.2 Å². The number of aliphatic hydroxyl groups is 2. The molecule has 6 rings (SSSR count). The molecule has 0 bridgehead atoms. The lowest BCUT2D eigenvalue weighted by Gasteiger charge is -2.41. The molecule has 1 aromatic carbocycles. The van der Waals surface area contributed by atoms with Gasteiger partial charge in [-0.05, 0) is 36.7 Å². The molecule has 11 N–H and O–H groups in total. The van der Waals surface area contributed by atoms with E-state index in [1.54, 1.807) is 16.7 Å². The van der Waals surface area contributed by atoms with Crippen molar-refractivity contribution in [3.05, 3.63) is 29.3 Å². The molecule has 4 aliphatic heterocycles. The van der Waals surface area contributed by atoms with Crippen molar-refractivity contribution in [1.29, 1.82) is 0 Å². The summed E-state index contributed by atoms with van der Waals surface area (Å²) >= 11 is 0. The summed E-state index contributed by atoms with van der Waals surface area (Å²) in [5.74, 6) is -1.83. The molecule has 13 nitrogen and oxygen atoms in total. The quantitative estimate of drug-likeness (QED) is 0.126. The van der Waals surface area contributed by atoms with E-state index in [0.717, 1.165) is 24.8 Å². The normalized spacial score (nSPS) is 31.5. The number of hydrogen-bond donors (Lipinski definition) is 9. The van der Waals surface area contributed by atoms with Crippen LogP contribution in [0.2, 0.25) is 0 Å². The highest BCUT2D eigenvalue weighted by Gasteiger charge is 2.78. The van der Waals surface area contributed by atoms with Crippen molar-refractivity contribution >= 4 is 23.7 Å². The summed E-state index contributed by atoms with van der Waals surface area (Å²) in [5, 5.41) is 35.3. The number of rotatable bonds is 6. The number of carbonyl (C=O) groups is 2. The second-order valence-electron chi connectivity index (χ2n) is 12.0. The highest BCUT2D eigenvalue weighted by Crippen LogP contribution is 2.41. The van der Waals surface area contributed by atoms with E-state index in [0.29, 0.717) is 30.3 Å². The molecule has 4 heterocycles. The Morgan fingerprint density at radius 1 is 1.26 bits per heavy atom. The smallest absolute Gasteiger partial charge is 0.347 e. The lowest BCUT2D eigenvalue weighted by Crippen LogP contribution is -2.92. The summed E-state index contributed by atoms with van der Waals surface area (Å²) in [6.45, 7) is 4.86. The van der Waals surface area contributed by atoms with Crippen molar-refractivity contribution in [2.24, 2.45) is 17.4 Å². The topological polar surface area (TPSA) is 201 Å². The zero-order valence-electron chi connectivity index (χ0n) is 22.2. The third-order valence-corrected chi connectivity index (χ3v) is 8.91. The second kappa shape index (κ2) is 8.71. The maximum absolute atomic E-state index is 13.5. The molecule has 0 radical (unpaired) electrons. The van der Waals surface area contributed by atoms with Crippen molar-refractivity contribution in [1.82, 2.24) is 21.3 Å². The monoisotopic (exact) mass is 542 g/mol. The molecule has 0 aromatic heterocycles. The van der Waals surface area contributed by atoms with Gasteiger partial charge in [-0.25, -0.2) is 9.89 Å². The number of guanidine groups is 2. The van der Waals surface area contributed by atoms with Crippen molar-refractivity contribution < 1.29 is 34.1 Å². The largest absolute Gasteiger partial charge is 0.492 e. The van der Waals surface area contributed by atoms with Crippen molar-refractivity contribution in [2.75, 3.05) is 19.7 Å². The van der Waals surface area contributed by atoms with Crippen molar-refractivity contribution in [3.63, 3.8) is 0 Å². The van der Waals surface area contributed by atoms with Gasteiger partial charge >= 0.3 is 11.9 Å². The van der Waals surface area contributed by atoms with Gasteiger partial charge in [0.1, 0.15) is 17.8 Å². The lowest BCUT2D eigenvalue weighted by molar-refractivity contribution is -0.674. The third-order valence-electron chi connectivity index (χ3n) is 8.91. The number of hydrogen-bond acceptors (Lipinski definition) is 9. The van der Waals surface area contributed by atoms with Crippen LogP contribution in [0.25, 0.3) is 0 Å². The zero-order valence-corrected chi connectivity index (χ0v) is 22.2. The molecular weight excluding hydrogens is 504 g/mol. The predicted molar refractivity (Wildman–Crippen MR) is 139 cm³/mol. The van der Waals surface area contributed by atoms with E-state index in [9.17, 15) is 19.8 Å². The van der Waals surface area contributed by atoms with E-state index in [1.165, 1.54) is 0 Å². The van der Waals surface area contributed by atoms with Crippen LogP contribution in [-0.2, 0) is 10.2 Å². The minimum Gasteiger partial charge on any atom is -0.492 e. The van der Waals surface area contributed by atoms with Gasteiger partial charge < -0.3 is 25.6 Å². The number of benzene rings is 1. The minimum atomic E-state index is -2.51. The molecule has 1 unspecified atom stereocenters. The first kappa shape index (κ1) is 25.7. The zero-order chi connectivity index (χ0) is 27.7. The Labute approximate surface area is 226 Å². The van der Waals surface area contributed by atoms with Gasteiger partial charge in [-0.2, -0.15) is 0 Å².